The molecule has 2 heteroatoms. The number of hydrogen-bond acceptors (Lipinski definition) is 1. The van der Waals surface area contributed by atoms with Gasteiger partial charge >= 0.3 is 0 Å². The zero-order chi connectivity index (χ0) is 13.2. The van der Waals surface area contributed by atoms with Crippen molar-refractivity contribution in [2.75, 3.05) is 0 Å². The Bertz CT molecular complexity index is 293. The van der Waals surface area contributed by atoms with Crippen molar-refractivity contribution >= 4 is 15.4 Å². The Morgan fingerprint density at radius 1 is 1.17 bits per heavy atom. The second-order valence-electron chi connectivity index (χ2n) is 5.47. The highest BCUT2D eigenvalue weighted by Crippen LogP contribution is 2.17. The van der Waals surface area contributed by atoms with Crippen molar-refractivity contribution < 1.29 is 0 Å². The maximum Gasteiger partial charge on any atom is 0.0384 e. The van der Waals surface area contributed by atoms with E-state index in [9.17, 15) is 0 Å². The van der Waals surface area contributed by atoms with E-state index in [1.54, 1.807) is 0 Å². The molecule has 0 spiro atoms. The van der Waals surface area contributed by atoms with Gasteiger partial charge in [-0.3, -0.25) is 0 Å². The van der Waals surface area contributed by atoms with Gasteiger partial charge in [0, 0.05) is 22.3 Å². The number of benzene rings is 1. The summed E-state index contributed by atoms with van der Waals surface area (Å²) in [7, 11) is 1.17. The van der Waals surface area contributed by atoms with Gasteiger partial charge in [0.1, 0.15) is 0 Å². The Morgan fingerprint density at radius 3 is 2.22 bits per heavy atom. The Labute approximate surface area is 116 Å². The highest BCUT2D eigenvalue weighted by atomic mass is 28.1. The lowest BCUT2D eigenvalue weighted by Crippen LogP contribution is -2.37. The van der Waals surface area contributed by atoms with Crippen LogP contribution < -0.4 is 10.5 Å². The fraction of sp³-hybridized carbons (Fsp3) is 0.625. The SMILES string of the molecule is CCC(C)NC1CCCCC1.[SiH3]c1ccccc1. The standard InChI is InChI=1S/C10H21N.C6H8Si/c1-3-9(2)11-10-7-5-4-6-8-10;7-6-4-2-1-3-5-6/h9-11H,3-8H2,1-2H3;1-5H,7H3. The van der Waals surface area contributed by atoms with Gasteiger partial charge in [0.05, 0.1) is 0 Å². The van der Waals surface area contributed by atoms with E-state index in [0.717, 1.165) is 12.1 Å². The summed E-state index contributed by atoms with van der Waals surface area (Å²) < 4.78 is 0. The Morgan fingerprint density at radius 2 is 1.78 bits per heavy atom. The largest absolute Gasteiger partial charge is 0.312 e. The van der Waals surface area contributed by atoms with E-state index < -0.39 is 0 Å². The molecule has 1 aliphatic rings. The van der Waals surface area contributed by atoms with Gasteiger partial charge in [0.25, 0.3) is 0 Å². The molecule has 0 radical (unpaired) electrons. The molecule has 1 aromatic rings. The van der Waals surface area contributed by atoms with Crippen molar-refractivity contribution in [2.45, 2.75) is 64.5 Å². The molecule has 18 heavy (non-hydrogen) atoms. The van der Waals surface area contributed by atoms with Crippen LogP contribution in [-0.2, 0) is 0 Å². The summed E-state index contributed by atoms with van der Waals surface area (Å²) in [5.74, 6) is 0. The van der Waals surface area contributed by atoms with Gasteiger partial charge in [-0.25, -0.2) is 0 Å². The molecule has 2 rings (SSSR count). The summed E-state index contributed by atoms with van der Waals surface area (Å²) in [5.41, 5.74) is 0. The van der Waals surface area contributed by atoms with Crippen molar-refractivity contribution in [3.63, 3.8) is 0 Å². The van der Waals surface area contributed by atoms with Crippen LogP contribution in [0.2, 0.25) is 0 Å². The average molecular weight is 264 g/mol. The van der Waals surface area contributed by atoms with Gasteiger partial charge in [0.2, 0.25) is 0 Å². The van der Waals surface area contributed by atoms with Crippen LogP contribution in [0.3, 0.4) is 0 Å². The Hall–Kier alpha value is -0.603. The average Bonchev–Trinajstić information content (AvgIpc) is 2.41. The first-order valence-electron chi connectivity index (χ1n) is 7.50. The minimum Gasteiger partial charge on any atom is -0.312 e. The van der Waals surface area contributed by atoms with E-state index in [0.29, 0.717) is 0 Å². The second-order valence-corrected chi connectivity index (χ2v) is 6.62. The van der Waals surface area contributed by atoms with Crippen molar-refractivity contribution in [2.24, 2.45) is 0 Å². The van der Waals surface area contributed by atoms with Crippen LogP contribution in [0.5, 0.6) is 0 Å². The van der Waals surface area contributed by atoms with Crippen molar-refractivity contribution in [1.29, 1.82) is 0 Å². The quantitative estimate of drug-likeness (QED) is 0.826. The molecule has 1 fully saturated rings. The molecule has 0 heterocycles. The number of hydrogen-bond donors (Lipinski definition) is 1. The van der Waals surface area contributed by atoms with E-state index in [2.05, 4.69) is 43.4 Å². The molecule has 1 aromatic carbocycles. The molecule has 0 saturated heterocycles. The van der Waals surface area contributed by atoms with E-state index >= 15 is 0 Å². The molecule has 1 aliphatic carbocycles. The third-order valence-corrected chi connectivity index (χ3v) is 4.34. The molecule has 1 nitrogen and oxygen atoms in total. The summed E-state index contributed by atoms with van der Waals surface area (Å²) in [6.07, 6.45) is 8.41. The molecule has 1 unspecified atom stereocenters. The lowest BCUT2D eigenvalue weighted by Gasteiger charge is -2.25. The summed E-state index contributed by atoms with van der Waals surface area (Å²) in [6.45, 7) is 4.54. The van der Waals surface area contributed by atoms with Crippen LogP contribution in [0.1, 0.15) is 52.4 Å². The maximum atomic E-state index is 3.67. The molecule has 0 amide bonds. The third kappa shape index (κ3) is 6.97. The van der Waals surface area contributed by atoms with E-state index in [1.807, 2.05) is 6.07 Å². The first-order valence-corrected chi connectivity index (χ1v) is 8.50. The van der Waals surface area contributed by atoms with Crippen LogP contribution in [0.25, 0.3) is 0 Å². The first-order chi connectivity index (χ1) is 8.72. The summed E-state index contributed by atoms with van der Waals surface area (Å²) in [5, 5.41) is 5.13. The van der Waals surface area contributed by atoms with E-state index in [-0.39, 0.29) is 0 Å². The smallest absolute Gasteiger partial charge is 0.0384 e. The topological polar surface area (TPSA) is 12.0 Å². The van der Waals surface area contributed by atoms with Crippen LogP contribution in [0, 0.1) is 0 Å². The minimum absolute atomic E-state index is 0.720. The monoisotopic (exact) mass is 263 g/mol. The number of rotatable bonds is 3. The maximum absolute atomic E-state index is 3.67. The molecule has 0 aromatic heterocycles. The zero-order valence-electron chi connectivity index (χ0n) is 12.3. The molecular formula is C16H29NSi. The molecular weight excluding hydrogens is 234 g/mol. The Balaban J connectivity index is 0.000000199. The van der Waals surface area contributed by atoms with E-state index in [1.165, 1.54) is 54.0 Å². The molecule has 102 valence electrons. The lowest BCUT2D eigenvalue weighted by molar-refractivity contribution is 0.340. The first kappa shape index (κ1) is 15.5. The van der Waals surface area contributed by atoms with Crippen molar-refractivity contribution in [3.05, 3.63) is 30.3 Å². The predicted octanol–water partition coefficient (Wildman–Crippen LogP) is 2.38. The van der Waals surface area contributed by atoms with E-state index in [4.69, 9.17) is 0 Å². The van der Waals surface area contributed by atoms with Crippen molar-refractivity contribution in [1.82, 2.24) is 5.32 Å². The molecule has 1 atom stereocenters. The van der Waals surface area contributed by atoms with Crippen molar-refractivity contribution in [3.8, 4) is 0 Å². The number of nitrogens with one attached hydrogen (secondary N) is 1. The Kier molecular flexibility index (Phi) is 8.02. The minimum atomic E-state index is 0.720. The highest BCUT2D eigenvalue weighted by molar-refractivity contribution is 6.32. The van der Waals surface area contributed by atoms with Crippen LogP contribution >= 0.6 is 0 Å². The summed E-state index contributed by atoms with van der Waals surface area (Å²) in [4.78, 5) is 0. The predicted molar refractivity (Wildman–Crippen MR) is 85.8 cm³/mol. The van der Waals surface area contributed by atoms with Gasteiger partial charge in [-0.15, -0.1) is 0 Å². The van der Waals surface area contributed by atoms with Crippen LogP contribution in [0.15, 0.2) is 30.3 Å². The zero-order valence-corrected chi connectivity index (χ0v) is 14.3. The van der Waals surface area contributed by atoms with Crippen LogP contribution in [0.4, 0.5) is 0 Å². The molecule has 1 saturated carbocycles. The molecule has 1 N–H and O–H groups in total. The lowest BCUT2D eigenvalue weighted by atomic mass is 9.95. The summed E-state index contributed by atoms with van der Waals surface area (Å²) >= 11 is 0. The van der Waals surface area contributed by atoms with Gasteiger partial charge in [-0.1, -0.05) is 61.7 Å². The van der Waals surface area contributed by atoms with Gasteiger partial charge in [-0.05, 0) is 26.2 Å². The molecule has 0 aliphatic heterocycles. The van der Waals surface area contributed by atoms with Gasteiger partial charge in [0.15, 0.2) is 0 Å². The van der Waals surface area contributed by atoms with Gasteiger partial charge in [-0.2, -0.15) is 0 Å². The fourth-order valence-corrected chi connectivity index (χ4v) is 2.71. The molecule has 0 bridgehead atoms. The normalized spacial score (nSPS) is 17.9. The second kappa shape index (κ2) is 9.34. The van der Waals surface area contributed by atoms with Crippen LogP contribution in [-0.4, -0.2) is 22.3 Å². The third-order valence-electron chi connectivity index (χ3n) is 3.68. The summed E-state index contributed by atoms with van der Waals surface area (Å²) in [6, 6.07) is 12.0. The van der Waals surface area contributed by atoms with Gasteiger partial charge < -0.3 is 5.32 Å². The fourth-order valence-electron chi connectivity index (χ4n) is 2.32. The highest BCUT2D eigenvalue weighted by Gasteiger charge is 2.13.